The largest absolute Gasteiger partial charge is 0.329 e. The van der Waals surface area contributed by atoms with Crippen molar-refractivity contribution in [2.24, 2.45) is 5.73 Å². The van der Waals surface area contributed by atoms with E-state index >= 15 is 0 Å². The number of hydrogen-bond acceptors (Lipinski definition) is 2. The number of benzene rings is 2. The molecule has 2 atom stereocenters. The van der Waals surface area contributed by atoms with Crippen molar-refractivity contribution in [3.63, 3.8) is 0 Å². The molecule has 124 valence electrons. The third-order valence-electron chi connectivity index (χ3n) is 5.44. The van der Waals surface area contributed by atoms with Gasteiger partial charge in [-0.15, -0.1) is 0 Å². The number of carbonyl (C=O) groups excluding carboxylic acids is 1. The maximum absolute atomic E-state index is 12.8. The highest BCUT2D eigenvalue weighted by molar-refractivity contribution is 6.06. The Hall–Kier alpha value is -2.33. The summed E-state index contributed by atoms with van der Waals surface area (Å²) >= 11 is 0. The number of rotatable bonds is 4. The third-order valence-corrected chi connectivity index (χ3v) is 5.44. The average molecular weight is 321 g/mol. The Bertz CT molecular complexity index is 760. The van der Waals surface area contributed by atoms with Crippen LogP contribution in [0.1, 0.15) is 31.2 Å². The Morgan fingerprint density at radius 2 is 1.71 bits per heavy atom. The quantitative estimate of drug-likeness (QED) is 0.933. The van der Waals surface area contributed by atoms with Crippen molar-refractivity contribution in [1.82, 2.24) is 0 Å². The van der Waals surface area contributed by atoms with Crippen molar-refractivity contribution in [2.45, 2.75) is 31.2 Å². The van der Waals surface area contributed by atoms with Crippen molar-refractivity contribution >= 4 is 17.4 Å². The van der Waals surface area contributed by atoms with Crippen LogP contribution in [0.4, 0.5) is 16.2 Å². The first-order chi connectivity index (χ1) is 11.6. The minimum absolute atomic E-state index is 0.0450. The molecular weight excluding hydrogens is 298 g/mol. The van der Waals surface area contributed by atoms with Crippen LogP contribution in [0.3, 0.4) is 0 Å². The number of nitrogens with zero attached hydrogens (tertiary/aromatic N) is 2. The van der Waals surface area contributed by atoms with Crippen molar-refractivity contribution in [2.75, 3.05) is 22.9 Å². The van der Waals surface area contributed by atoms with E-state index in [1.807, 2.05) is 52.3 Å². The summed E-state index contributed by atoms with van der Waals surface area (Å²) in [5.41, 5.74) is 9.49. The summed E-state index contributed by atoms with van der Waals surface area (Å²) in [7, 11) is 0. The monoisotopic (exact) mass is 321 g/mol. The van der Waals surface area contributed by atoms with Gasteiger partial charge in [0, 0.05) is 35.9 Å². The molecule has 1 saturated carbocycles. The zero-order valence-corrected chi connectivity index (χ0v) is 14.0. The lowest BCUT2D eigenvalue weighted by Crippen LogP contribution is -2.31. The summed E-state index contributed by atoms with van der Waals surface area (Å²) in [5.74, 6) is 0.422. The number of carbonyl (C=O) groups is 1. The molecule has 1 aliphatic carbocycles. The fraction of sp³-hybridized carbons (Fsp3) is 0.350. The van der Waals surface area contributed by atoms with Crippen LogP contribution in [-0.2, 0) is 0 Å². The molecule has 4 nitrogen and oxygen atoms in total. The first kappa shape index (κ1) is 15.2. The average Bonchev–Trinajstić information content (AvgIpc) is 3.17. The summed E-state index contributed by atoms with van der Waals surface area (Å²) in [4.78, 5) is 16.5. The Labute approximate surface area is 142 Å². The van der Waals surface area contributed by atoms with Crippen LogP contribution in [0, 0.1) is 0 Å². The van der Waals surface area contributed by atoms with Crippen molar-refractivity contribution in [1.29, 1.82) is 0 Å². The second-order valence-corrected chi connectivity index (χ2v) is 6.86. The first-order valence-corrected chi connectivity index (χ1v) is 8.65. The number of anilines is 2. The second-order valence-electron chi connectivity index (χ2n) is 6.86. The molecule has 1 heterocycles. The van der Waals surface area contributed by atoms with Gasteiger partial charge >= 0.3 is 6.03 Å². The fourth-order valence-corrected chi connectivity index (χ4v) is 3.70. The van der Waals surface area contributed by atoms with Crippen LogP contribution >= 0.6 is 0 Å². The number of urea groups is 1. The van der Waals surface area contributed by atoms with Crippen molar-refractivity contribution < 1.29 is 4.79 Å². The van der Waals surface area contributed by atoms with Gasteiger partial charge in [-0.1, -0.05) is 37.3 Å². The molecule has 24 heavy (non-hydrogen) atoms. The van der Waals surface area contributed by atoms with Crippen LogP contribution < -0.4 is 15.5 Å². The molecule has 2 aromatic rings. The Kier molecular flexibility index (Phi) is 3.57. The summed E-state index contributed by atoms with van der Waals surface area (Å²) in [5, 5.41) is 0. The van der Waals surface area contributed by atoms with Crippen LogP contribution in [0.15, 0.2) is 54.6 Å². The van der Waals surface area contributed by atoms with Gasteiger partial charge < -0.3 is 5.73 Å². The van der Waals surface area contributed by atoms with Crippen LogP contribution in [0.25, 0.3) is 0 Å². The lowest BCUT2D eigenvalue weighted by atomic mass is 10.0. The van der Waals surface area contributed by atoms with Crippen molar-refractivity contribution in [3.05, 3.63) is 60.2 Å². The molecule has 0 spiro atoms. The molecule has 0 unspecified atom stereocenters. The molecule has 4 heteroatoms. The molecule has 1 aliphatic heterocycles. The van der Waals surface area contributed by atoms with E-state index in [0.29, 0.717) is 19.0 Å². The zero-order chi connectivity index (χ0) is 16.7. The molecule has 0 bridgehead atoms. The molecule has 0 radical (unpaired) electrons. The van der Waals surface area contributed by atoms with Gasteiger partial charge in [-0.05, 0) is 42.7 Å². The van der Waals surface area contributed by atoms with E-state index in [0.717, 1.165) is 24.2 Å². The van der Waals surface area contributed by atoms with Gasteiger partial charge in [0.2, 0.25) is 0 Å². The van der Waals surface area contributed by atoms with E-state index in [1.165, 1.54) is 5.56 Å². The SMILES string of the molecule is CC[C@@]1(N)C[C@H]1c1cccc(N2CCN(c3ccccc3)C2=O)c1. The Morgan fingerprint density at radius 3 is 2.38 bits per heavy atom. The normalized spacial score (nSPS) is 26.1. The predicted molar refractivity (Wildman–Crippen MR) is 97.5 cm³/mol. The predicted octanol–water partition coefficient (Wildman–Crippen LogP) is 3.73. The van der Waals surface area contributed by atoms with Gasteiger partial charge in [-0.3, -0.25) is 9.80 Å². The molecule has 2 N–H and O–H groups in total. The highest BCUT2D eigenvalue weighted by Gasteiger charge is 2.50. The van der Waals surface area contributed by atoms with E-state index in [9.17, 15) is 4.79 Å². The molecule has 0 aromatic heterocycles. The van der Waals surface area contributed by atoms with E-state index in [1.54, 1.807) is 0 Å². The smallest absolute Gasteiger partial charge is 0.325 e. The molecule has 2 fully saturated rings. The van der Waals surface area contributed by atoms with Crippen LogP contribution in [-0.4, -0.2) is 24.7 Å². The van der Waals surface area contributed by atoms with Crippen LogP contribution in [0.2, 0.25) is 0 Å². The Morgan fingerprint density at radius 1 is 1.04 bits per heavy atom. The van der Waals surface area contributed by atoms with E-state index in [2.05, 4.69) is 19.1 Å². The van der Waals surface area contributed by atoms with Gasteiger partial charge in [0.05, 0.1) is 0 Å². The highest BCUT2D eigenvalue weighted by Crippen LogP contribution is 2.51. The maximum atomic E-state index is 12.8. The summed E-state index contributed by atoms with van der Waals surface area (Å²) in [6, 6.07) is 18.2. The standard InChI is InChI=1S/C20H23N3O/c1-2-20(21)14-18(20)15-7-6-10-17(13-15)23-12-11-22(19(23)24)16-8-4-3-5-9-16/h3-10,13,18H,2,11-12,14,21H2,1H3/t18-,20+/m0/s1. The molecule has 2 amide bonds. The number of hydrogen-bond donors (Lipinski definition) is 1. The van der Waals surface area contributed by atoms with Gasteiger partial charge in [0.15, 0.2) is 0 Å². The number of para-hydroxylation sites is 1. The third kappa shape index (κ3) is 2.47. The zero-order valence-electron chi connectivity index (χ0n) is 14.0. The maximum Gasteiger partial charge on any atom is 0.329 e. The van der Waals surface area contributed by atoms with Gasteiger partial charge in [0.25, 0.3) is 0 Å². The molecular formula is C20H23N3O. The molecule has 2 aromatic carbocycles. The van der Waals surface area contributed by atoms with Gasteiger partial charge in [-0.25, -0.2) is 4.79 Å². The summed E-state index contributed by atoms with van der Waals surface area (Å²) in [6.07, 6.45) is 2.03. The first-order valence-electron chi connectivity index (χ1n) is 8.65. The highest BCUT2D eigenvalue weighted by atomic mass is 16.2. The lowest BCUT2D eigenvalue weighted by Gasteiger charge is -2.19. The van der Waals surface area contributed by atoms with Gasteiger partial charge in [0.1, 0.15) is 0 Å². The molecule has 4 rings (SSSR count). The van der Waals surface area contributed by atoms with Crippen LogP contribution in [0.5, 0.6) is 0 Å². The van der Waals surface area contributed by atoms with E-state index in [-0.39, 0.29) is 11.6 Å². The number of amides is 2. The lowest BCUT2D eigenvalue weighted by molar-refractivity contribution is 0.256. The molecule has 2 aliphatic rings. The van der Waals surface area contributed by atoms with E-state index in [4.69, 9.17) is 5.73 Å². The topological polar surface area (TPSA) is 49.6 Å². The second kappa shape index (κ2) is 5.64. The van der Waals surface area contributed by atoms with Crippen molar-refractivity contribution in [3.8, 4) is 0 Å². The number of nitrogens with two attached hydrogens (primary N) is 1. The minimum Gasteiger partial charge on any atom is -0.325 e. The fourth-order valence-electron chi connectivity index (χ4n) is 3.70. The van der Waals surface area contributed by atoms with E-state index < -0.39 is 0 Å². The summed E-state index contributed by atoms with van der Waals surface area (Å²) < 4.78 is 0. The summed E-state index contributed by atoms with van der Waals surface area (Å²) in [6.45, 7) is 3.57. The Balaban J connectivity index is 1.56. The minimum atomic E-state index is -0.0519. The molecule has 1 saturated heterocycles. The van der Waals surface area contributed by atoms with Gasteiger partial charge in [-0.2, -0.15) is 0 Å².